The van der Waals surface area contributed by atoms with Gasteiger partial charge in [-0.1, -0.05) is 43.7 Å². The van der Waals surface area contributed by atoms with E-state index in [1.807, 2.05) is 24.4 Å². The van der Waals surface area contributed by atoms with Gasteiger partial charge in [0.1, 0.15) is 0 Å². The van der Waals surface area contributed by atoms with Gasteiger partial charge in [0.25, 0.3) is 0 Å². The fourth-order valence-electron chi connectivity index (χ4n) is 3.42. The van der Waals surface area contributed by atoms with Gasteiger partial charge in [-0.05, 0) is 41.7 Å². The standard InChI is InChI=1S/C23H30N2O2/c1-2-3-9-22(21-8-5-11-24-18-21)19-6-4-7-20(17-19)23(26)10-12-25-13-15-27-16-14-25/h4-9,11,17-18,23,26H,2-3,10,12-16H2,1H3/b22-9+. The second kappa shape index (κ2) is 10.4. The van der Waals surface area contributed by atoms with Crippen LogP contribution in [0, 0.1) is 0 Å². The van der Waals surface area contributed by atoms with Gasteiger partial charge in [0.15, 0.2) is 0 Å². The molecule has 1 saturated heterocycles. The molecule has 1 aliphatic rings. The van der Waals surface area contributed by atoms with Crippen LogP contribution in [0.3, 0.4) is 0 Å². The van der Waals surface area contributed by atoms with Crippen molar-refractivity contribution in [2.45, 2.75) is 32.3 Å². The molecule has 1 unspecified atom stereocenters. The maximum absolute atomic E-state index is 10.7. The Labute approximate surface area is 162 Å². The number of hydrogen-bond donors (Lipinski definition) is 1. The minimum Gasteiger partial charge on any atom is -0.388 e. The number of aliphatic hydroxyl groups excluding tert-OH is 1. The Morgan fingerprint density at radius 2 is 2.04 bits per heavy atom. The molecule has 0 saturated carbocycles. The van der Waals surface area contributed by atoms with E-state index < -0.39 is 6.10 Å². The van der Waals surface area contributed by atoms with E-state index in [0.717, 1.165) is 68.8 Å². The zero-order valence-electron chi connectivity index (χ0n) is 16.2. The lowest BCUT2D eigenvalue weighted by Gasteiger charge is -2.27. The second-order valence-electron chi connectivity index (χ2n) is 7.03. The highest BCUT2D eigenvalue weighted by molar-refractivity contribution is 5.79. The number of ether oxygens (including phenoxy) is 1. The van der Waals surface area contributed by atoms with Crippen LogP contribution in [-0.4, -0.2) is 47.8 Å². The summed E-state index contributed by atoms with van der Waals surface area (Å²) in [6.45, 7) is 6.58. The van der Waals surface area contributed by atoms with Crippen LogP contribution >= 0.6 is 0 Å². The molecule has 0 spiro atoms. The maximum Gasteiger partial charge on any atom is 0.0802 e. The first kappa shape index (κ1) is 19.7. The van der Waals surface area contributed by atoms with Crippen LogP contribution in [0.15, 0.2) is 54.9 Å². The lowest BCUT2D eigenvalue weighted by molar-refractivity contribution is 0.0300. The summed E-state index contributed by atoms with van der Waals surface area (Å²) < 4.78 is 5.39. The number of aromatic nitrogens is 1. The fraction of sp³-hybridized carbons (Fsp3) is 0.435. The van der Waals surface area contributed by atoms with Crippen molar-refractivity contribution >= 4 is 5.57 Å². The highest BCUT2D eigenvalue weighted by Crippen LogP contribution is 2.27. The molecule has 0 amide bonds. The predicted octanol–water partition coefficient (Wildman–Crippen LogP) is 4.07. The third-order valence-electron chi connectivity index (χ3n) is 5.01. The lowest BCUT2D eigenvalue weighted by atomic mass is 9.94. The van der Waals surface area contributed by atoms with Crippen LogP contribution in [-0.2, 0) is 4.74 Å². The van der Waals surface area contributed by atoms with Crippen LogP contribution in [0.25, 0.3) is 5.57 Å². The van der Waals surface area contributed by atoms with E-state index in [-0.39, 0.29) is 0 Å². The molecule has 4 nitrogen and oxygen atoms in total. The average Bonchev–Trinajstić information content (AvgIpc) is 2.74. The smallest absolute Gasteiger partial charge is 0.0802 e. The third kappa shape index (κ3) is 5.73. The summed E-state index contributed by atoms with van der Waals surface area (Å²) in [7, 11) is 0. The summed E-state index contributed by atoms with van der Waals surface area (Å²) in [5.41, 5.74) is 4.42. The Morgan fingerprint density at radius 1 is 1.22 bits per heavy atom. The molecule has 1 aromatic carbocycles. The van der Waals surface area contributed by atoms with Crippen molar-refractivity contribution in [3.63, 3.8) is 0 Å². The lowest BCUT2D eigenvalue weighted by Crippen LogP contribution is -2.37. The first-order chi connectivity index (χ1) is 13.3. The van der Waals surface area contributed by atoms with Gasteiger partial charge in [0.2, 0.25) is 0 Å². The highest BCUT2D eigenvalue weighted by atomic mass is 16.5. The van der Waals surface area contributed by atoms with Gasteiger partial charge in [-0.25, -0.2) is 0 Å². The molecule has 1 aromatic heterocycles. The molecular weight excluding hydrogens is 336 g/mol. The first-order valence-electron chi connectivity index (χ1n) is 9.97. The van der Waals surface area contributed by atoms with Crippen molar-refractivity contribution in [3.8, 4) is 0 Å². The Kier molecular flexibility index (Phi) is 7.57. The number of benzene rings is 1. The van der Waals surface area contributed by atoms with Gasteiger partial charge < -0.3 is 9.84 Å². The van der Waals surface area contributed by atoms with Crippen molar-refractivity contribution in [3.05, 3.63) is 71.6 Å². The third-order valence-corrected chi connectivity index (χ3v) is 5.01. The van der Waals surface area contributed by atoms with Crippen molar-refractivity contribution < 1.29 is 9.84 Å². The van der Waals surface area contributed by atoms with Crippen LogP contribution < -0.4 is 0 Å². The van der Waals surface area contributed by atoms with E-state index in [4.69, 9.17) is 4.74 Å². The summed E-state index contributed by atoms with van der Waals surface area (Å²) in [5.74, 6) is 0. The molecule has 1 fully saturated rings. The largest absolute Gasteiger partial charge is 0.388 e. The number of aliphatic hydroxyl groups is 1. The molecule has 27 heavy (non-hydrogen) atoms. The summed E-state index contributed by atoms with van der Waals surface area (Å²) >= 11 is 0. The molecule has 144 valence electrons. The number of pyridine rings is 1. The Bertz CT molecular complexity index is 724. The van der Waals surface area contributed by atoms with Crippen LogP contribution in [0.2, 0.25) is 0 Å². The number of morpholine rings is 1. The quantitative estimate of drug-likeness (QED) is 0.765. The average molecular weight is 367 g/mol. The van der Waals surface area contributed by atoms with Crippen LogP contribution in [0.4, 0.5) is 0 Å². The molecule has 1 aliphatic heterocycles. The van der Waals surface area contributed by atoms with E-state index >= 15 is 0 Å². The molecule has 0 bridgehead atoms. The summed E-state index contributed by atoms with van der Waals surface area (Å²) in [6.07, 6.45) is 8.39. The van der Waals surface area contributed by atoms with Crippen molar-refractivity contribution in [2.24, 2.45) is 0 Å². The van der Waals surface area contributed by atoms with Gasteiger partial charge in [-0.2, -0.15) is 0 Å². The minimum absolute atomic E-state index is 0.450. The highest BCUT2D eigenvalue weighted by Gasteiger charge is 2.15. The second-order valence-corrected chi connectivity index (χ2v) is 7.03. The minimum atomic E-state index is -0.450. The number of rotatable bonds is 8. The first-order valence-corrected chi connectivity index (χ1v) is 9.97. The summed E-state index contributed by atoms with van der Waals surface area (Å²) in [4.78, 5) is 6.63. The molecule has 1 atom stereocenters. The van der Waals surface area contributed by atoms with E-state index in [1.165, 1.54) is 5.57 Å². The molecule has 1 N–H and O–H groups in total. The molecule has 2 aromatic rings. The van der Waals surface area contributed by atoms with E-state index in [9.17, 15) is 5.11 Å². The van der Waals surface area contributed by atoms with Gasteiger partial charge in [-0.3, -0.25) is 9.88 Å². The SMILES string of the molecule is CCC/C=C(/c1cccnc1)c1cccc(C(O)CCN2CCOCC2)c1. The molecule has 0 radical (unpaired) electrons. The summed E-state index contributed by atoms with van der Waals surface area (Å²) in [6, 6.07) is 12.4. The summed E-state index contributed by atoms with van der Waals surface area (Å²) in [5, 5.41) is 10.7. The normalized spacial score (nSPS) is 17.0. The number of allylic oxidation sites excluding steroid dienone is 1. The Balaban J connectivity index is 1.74. The predicted molar refractivity (Wildman–Crippen MR) is 110 cm³/mol. The van der Waals surface area contributed by atoms with Gasteiger partial charge >= 0.3 is 0 Å². The zero-order valence-corrected chi connectivity index (χ0v) is 16.2. The topological polar surface area (TPSA) is 45.6 Å². The molecule has 0 aliphatic carbocycles. The number of nitrogens with zero attached hydrogens (tertiary/aromatic N) is 2. The Hall–Kier alpha value is -2.01. The number of unbranched alkanes of at least 4 members (excludes halogenated alkanes) is 1. The maximum atomic E-state index is 10.7. The Morgan fingerprint density at radius 3 is 2.78 bits per heavy atom. The molecular formula is C23H30N2O2. The molecule has 2 heterocycles. The van der Waals surface area contributed by atoms with E-state index in [1.54, 1.807) is 6.20 Å². The van der Waals surface area contributed by atoms with Gasteiger partial charge in [-0.15, -0.1) is 0 Å². The molecule has 3 rings (SSSR count). The fourth-order valence-corrected chi connectivity index (χ4v) is 3.42. The zero-order chi connectivity index (χ0) is 18.9. The van der Waals surface area contributed by atoms with Gasteiger partial charge in [0.05, 0.1) is 19.3 Å². The number of hydrogen-bond acceptors (Lipinski definition) is 4. The van der Waals surface area contributed by atoms with Crippen molar-refractivity contribution in [2.75, 3.05) is 32.8 Å². The van der Waals surface area contributed by atoms with E-state index in [2.05, 4.69) is 41.1 Å². The van der Waals surface area contributed by atoms with Crippen molar-refractivity contribution in [1.82, 2.24) is 9.88 Å². The van der Waals surface area contributed by atoms with Crippen LogP contribution in [0.5, 0.6) is 0 Å². The van der Waals surface area contributed by atoms with Crippen molar-refractivity contribution in [1.29, 1.82) is 0 Å². The molecule has 4 heteroatoms. The monoisotopic (exact) mass is 366 g/mol. The van der Waals surface area contributed by atoms with Gasteiger partial charge in [0, 0.05) is 37.6 Å². The van der Waals surface area contributed by atoms with E-state index in [0.29, 0.717) is 0 Å². The van der Waals surface area contributed by atoms with Crippen LogP contribution in [0.1, 0.15) is 49.0 Å².